The van der Waals surface area contributed by atoms with Crippen LogP contribution in [0.3, 0.4) is 0 Å². The van der Waals surface area contributed by atoms with Gasteiger partial charge in [-0.1, -0.05) is 22.4 Å². The first-order chi connectivity index (χ1) is 6.66. The molecular weight excluding hydrogens is 245 g/mol. The van der Waals surface area contributed by atoms with Crippen molar-refractivity contribution in [3.63, 3.8) is 0 Å². The van der Waals surface area contributed by atoms with Crippen LogP contribution in [-0.4, -0.2) is 0 Å². The minimum absolute atomic E-state index is 0.00394. The number of nitrogens with two attached hydrogens (primary N) is 1. The van der Waals surface area contributed by atoms with E-state index in [9.17, 15) is 4.39 Å². The van der Waals surface area contributed by atoms with Crippen molar-refractivity contribution < 1.29 is 4.39 Å². The van der Waals surface area contributed by atoms with Gasteiger partial charge in [-0.3, -0.25) is 0 Å². The van der Waals surface area contributed by atoms with Crippen LogP contribution in [0.25, 0.3) is 0 Å². The van der Waals surface area contributed by atoms with Crippen LogP contribution in [0.15, 0.2) is 22.7 Å². The second kappa shape index (κ2) is 3.99. The van der Waals surface area contributed by atoms with Gasteiger partial charge in [-0.15, -0.1) is 0 Å². The van der Waals surface area contributed by atoms with E-state index < -0.39 is 0 Å². The normalized spacial score (nSPS) is 19.1. The Kier molecular flexibility index (Phi) is 2.88. The van der Waals surface area contributed by atoms with Crippen LogP contribution in [-0.2, 0) is 0 Å². The van der Waals surface area contributed by atoms with Gasteiger partial charge < -0.3 is 5.73 Å². The number of hydrogen-bond acceptors (Lipinski definition) is 1. The molecule has 0 heterocycles. The zero-order valence-electron chi connectivity index (χ0n) is 7.84. The van der Waals surface area contributed by atoms with E-state index in [2.05, 4.69) is 15.9 Å². The van der Waals surface area contributed by atoms with Crippen LogP contribution in [0.5, 0.6) is 0 Å². The van der Waals surface area contributed by atoms with E-state index >= 15 is 0 Å². The fourth-order valence-corrected chi connectivity index (χ4v) is 2.32. The Morgan fingerprint density at radius 3 is 2.57 bits per heavy atom. The third-order valence-electron chi connectivity index (χ3n) is 2.93. The van der Waals surface area contributed by atoms with Gasteiger partial charge in [-0.2, -0.15) is 0 Å². The third kappa shape index (κ3) is 1.98. The molecule has 14 heavy (non-hydrogen) atoms. The molecule has 0 saturated heterocycles. The molecule has 0 aromatic heterocycles. The maximum absolute atomic E-state index is 13.1. The van der Waals surface area contributed by atoms with Crippen LogP contribution in [0, 0.1) is 11.7 Å². The molecule has 0 amide bonds. The molecule has 0 bridgehead atoms. The SMILES string of the molecule is N[C@@H](c1cc(F)cc(Br)c1)C1CCC1. The fourth-order valence-electron chi connectivity index (χ4n) is 1.84. The summed E-state index contributed by atoms with van der Waals surface area (Å²) in [6.45, 7) is 0. The highest BCUT2D eigenvalue weighted by molar-refractivity contribution is 9.10. The molecule has 1 nitrogen and oxygen atoms in total. The predicted octanol–water partition coefficient (Wildman–Crippen LogP) is 3.39. The zero-order chi connectivity index (χ0) is 10.1. The van der Waals surface area contributed by atoms with Crippen LogP contribution in [0.4, 0.5) is 4.39 Å². The van der Waals surface area contributed by atoms with Crippen molar-refractivity contribution in [1.29, 1.82) is 0 Å². The second-order valence-electron chi connectivity index (χ2n) is 3.92. The summed E-state index contributed by atoms with van der Waals surface area (Å²) in [5.74, 6) is 0.327. The van der Waals surface area contributed by atoms with Gasteiger partial charge in [0.2, 0.25) is 0 Å². The number of hydrogen-bond donors (Lipinski definition) is 1. The number of benzene rings is 1. The summed E-state index contributed by atoms with van der Waals surface area (Å²) in [4.78, 5) is 0. The first-order valence-corrected chi connectivity index (χ1v) is 5.67. The molecule has 2 N–H and O–H groups in total. The summed E-state index contributed by atoms with van der Waals surface area (Å²) in [5.41, 5.74) is 6.95. The molecule has 76 valence electrons. The first kappa shape index (κ1) is 10.1. The third-order valence-corrected chi connectivity index (χ3v) is 3.39. The highest BCUT2D eigenvalue weighted by Crippen LogP contribution is 2.36. The van der Waals surface area contributed by atoms with Gasteiger partial charge in [-0.25, -0.2) is 4.39 Å². The van der Waals surface area contributed by atoms with Crippen LogP contribution in [0.2, 0.25) is 0 Å². The molecule has 0 spiro atoms. The molecule has 1 aromatic carbocycles. The Bertz CT molecular complexity index is 316. The van der Waals surface area contributed by atoms with Crippen molar-refractivity contribution in [1.82, 2.24) is 0 Å². The van der Waals surface area contributed by atoms with Gasteiger partial charge in [0.15, 0.2) is 0 Å². The lowest BCUT2D eigenvalue weighted by Crippen LogP contribution is -2.26. The Labute approximate surface area is 91.6 Å². The predicted molar refractivity (Wildman–Crippen MR) is 58.4 cm³/mol. The fraction of sp³-hybridized carbons (Fsp3) is 0.455. The molecule has 3 heteroatoms. The topological polar surface area (TPSA) is 26.0 Å². The molecule has 0 radical (unpaired) electrons. The zero-order valence-corrected chi connectivity index (χ0v) is 9.43. The second-order valence-corrected chi connectivity index (χ2v) is 4.84. The molecule has 1 fully saturated rings. The standard InChI is InChI=1S/C11H13BrFN/c12-9-4-8(5-10(13)6-9)11(14)7-2-1-3-7/h4-7,11H,1-3,14H2/t11-/m1/s1. The minimum atomic E-state index is -0.218. The highest BCUT2D eigenvalue weighted by atomic mass is 79.9. The van der Waals surface area contributed by atoms with Crippen molar-refractivity contribution in [2.24, 2.45) is 11.7 Å². The maximum atomic E-state index is 13.1. The number of halogens is 2. The van der Waals surface area contributed by atoms with Gasteiger partial charge in [-0.05, 0) is 42.5 Å². The molecule has 2 rings (SSSR count). The summed E-state index contributed by atoms with van der Waals surface area (Å²) in [5, 5.41) is 0. The smallest absolute Gasteiger partial charge is 0.124 e. The summed E-state index contributed by atoms with van der Waals surface area (Å²) < 4.78 is 13.9. The van der Waals surface area contributed by atoms with Crippen molar-refractivity contribution in [2.45, 2.75) is 25.3 Å². The molecular formula is C11H13BrFN. The van der Waals surface area contributed by atoms with E-state index in [1.165, 1.54) is 31.4 Å². The van der Waals surface area contributed by atoms with E-state index in [4.69, 9.17) is 5.73 Å². The average Bonchev–Trinajstić information content (AvgIpc) is 1.98. The Balaban J connectivity index is 2.21. The highest BCUT2D eigenvalue weighted by Gasteiger charge is 2.25. The average molecular weight is 258 g/mol. The lowest BCUT2D eigenvalue weighted by atomic mass is 9.77. The molecule has 0 aliphatic heterocycles. The molecule has 1 saturated carbocycles. The largest absolute Gasteiger partial charge is 0.324 e. The van der Waals surface area contributed by atoms with Crippen LogP contribution >= 0.6 is 15.9 Å². The van der Waals surface area contributed by atoms with E-state index in [0.717, 1.165) is 10.0 Å². The van der Waals surface area contributed by atoms with Crippen molar-refractivity contribution in [3.8, 4) is 0 Å². The van der Waals surface area contributed by atoms with Gasteiger partial charge in [0.05, 0.1) is 0 Å². The van der Waals surface area contributed by atoms with E-state index in [1.807, 2.05) is 6.07 Å². The van der Waals surface area contributed by atoms with Crippen LogP contribution < -0.4 is 5.73 Å². The monoisotopic (exact) mass is 257 g/mol. The quantitative estimate of drug-likeness (QED) is 0.864. The number of rotatable bonds is 2. The summed E-state index contributed by atoms with van der Waals surface area (Å²) in [6.07, 6.45) is 3.61. The minimum Gasteiger partial charge on any atom is -0.324 e. The molecule has 0 unspecified atom stereocenters. The van der Waals surface area contributed by atoms with E-state index in [0.29, 0.717) is 5.92 Å². The van der Waals surface area contributed by atoms with Gasteiger partial charge in [0.25, 0.3) is 0 Å². The summed E-state index contributed by atoms with van der Waals surface area (Å²) in [6, 6.07) is 4.90. The van der Waals surface area contributed by atoms with E-state index in [1.54, 1.807) is 0 Å². The van der Waals surface area contributed by atoms with Gasteiger partial charge in [0.1, 0.15) is 5.82 Å². The summed E-state index contributed by atoms with van der Waals surface area (Å²) in [7, 11) is 0. The van der Waals surface area contributed by atoms with Gasteiger partial charge in [0, 0.05) is 10.5 Å². The molecule has 1 aliphatic rings. The van der Waals surface area contributed by atoms with Crippen molar-refractivity contribution in [3.05, 3.63) is 34.1 Å². The Morgan fingerprint density at radius 1 is 1.36 bits per heavy atom. The van der Waals surface area contributed by atoms with Crippen molar-refractivity contribution >= 4 is 15.9 Å². The summed E-state index contributed by atoms with van der Waals surface area (Å²) >= 11 is 3.27. The first-order valence-electron chi connectivity index (χ1n) is 4.88. The van der Waals surface area contributed by atoms with E-state index in [-0.39, 0.29) is 11.9 Å². The Hall–Kier alpha value is -0.410. The molecule has 1 aromatic rings. The Morgan fingerprint density at radius 2 is 2.07 bits per heavy atom. The lowest BCUT2D eigenvalue weighted by molar-refractivity contribution is 0.264. The molecule has 1 aliphatic carbocycles. The lowest BCUT2D eigenvalue weighted by Gasteiger charge is -2.31. The van der Waals surface area contributed by atoms with Gasteiger partial charge >= 0.3 is 0 Å². The molecule has 1 atom stereocenters. The maximum Gasteiger partial charge on any atom is 0.124 e. The van der Waals surface area contributed by atoms with Crippen LogP contribution in [0.1, 0.15) is 30.9 Å². The van der Waals surface area contributed by atoms with Crippen molar-refractivity contribution in [2.75, 3.05) is 0 Å².